The number of benzene rings is 1. The van der Waals surface area contributed by atoms with Gasteiger partial charge in [0, 0.05) is 13.1 Å². The summed E-state index contributed by atoms with van der Waals surface area (Å²) in [6, 6.07) is 3.06. The van der Waals surface area contributed by atoms with Crippen molar-refractivity contribution in [3.63, 3.8) is 0 Å². The van der Waals surface area contributed by atoms with Crippen molar-refractivity contribution < 1.29 is 37.3 Å². The van der Waals surface area contributed by atoms with Crippen LogP contribution in [-0.2, 0) is 18.0 Å². The number of hydrogen-bond acceptors (Lipinski definition) is 6. The average Bonchev–Trinajstić information content (AvgIpc) is 3.11. The average molecular weight is 347 g/mol. The molecule has 0 spiro atoms. The maximum Gasteiger partial charge on any atom is 0.453 e. The van der Waals surface area contributed by atoms with Gasteiger partial charge < -0.3 is 19.3 Å². The van der Waals surface area contributed by atoms with Crippen LogP contribution in [0.1, 0.15) is 5.82 Å². The number of carboxylic acid groups (broad SMARTS) is 1. The molecule has 1 aromatic carbocycles. The van der Waals surface area contributed by atoms with E-state index in [0.717, 1.165) is 4.68 Å². The second-order valence-corrected chi connectivity index (χ2v) is 4.39. The molecule has 24 heavy (non-hydrogen) atoms. The van der Waals surface area contributed by atoms with E-state index in [-0.39, 0.29) is 19.1 Å². The van der Waals surface area contributed by atoms with Crippen LogP contribution in [0.2, 0.25) is 0 Å². The fraction of sp³-hybridized carbons (Fsp3) is 0.308. The van der Waals surface area contributed by atoms with Gasteiger partial charge in [0.2, 0.25) is 6.79 Å². The SMILES string of the molecule is COc1cc2c(cc1-c1nc(C(F)(F)F)nn1C)OCO2.O=CO. The minimum absolute atomic E-state index is 0.0254. The van der Waals surface area contributed by atoms with Gasteiger partial charge in [0.25, 0.3) is 12.3 Å². The smallest absolute Gasteiger partial charge is 0.453 e. The zero-order valence-electron chi connectivity index (χ0n) is 12.5. The van der Waals surface area contributed by atoms with E-state index in [1.54, 1.807) is 6.07 Å². The van der Waals surface area contributed by atoms with Crippen LogP contribution >= 0.6 is 0 Å². The number of carbonyl (C=O) groups is 1. The molecule has 8 nitrogen and oxygen atoms in total. The molecule has 3 rings (SSSR count). The molecule has 1 aliphatic rings. The number of aryl methyl sites for hydroxylation is 1. The molecule has 2 heterocycles. The first-order chi connectivity index (χ1) is 11.3. The third-order valence-corrected chi connectivity index (χ3v) is 2.95. The van der Waals surface area contributed by atoms with Crippen molar-refractivity contribution >= 4 is 6.47 Å². The number of alkyl halides is 3. The Morgan fingerprint density at radius 2 is 1.92 bits per heavy atom. The van der Waals surface area contributed by atoms with E-state index >= 15 is 0 Å². The number of rotatable bonds is 2. The molecule has 0 saturated carbocycles. The fourth-order valence-corrected chi connectivity index (χ4v) is 2.01. The molecule has 0 unspecified atom stereocenters. The minimum Gasteiger partial charge on any atom is -0.496 e. The summed E-state index contributed by atoms with van der Waals surface area (Å²) in [7, 11) is 2.78. The molecule has 1 aliphatic heterocycles. The predicted molar refractivity (Wildman–Crippen MR) is 72.8 cm³/mol. The Kier molecular flexibility index (Phi) is 4.81. The van der Waals surface area contributed by atoms with Crippen molar-refractivity contribution in [2.75, 3.05) is 13.9 Å². The Balaban J connectivity index is 0.000000647. The number of methoxy groups -OCH3 is 1. The zero-order valence-corrected chi connectivity index (χ0v) is 12.5. The highest BCUT2D eigenvalue weighted by atomic mass is 19.4. The zero-order chi connectivity index (χ0) is 17.9. The van der Waals surface area contributed by atoms with Crippen molar-refractivity contribution in [2.24, 2.45) is 7.05 Å². The maximum atomic E-state index is 12.7. The fourth-order valence-electron chi connectivity index (χ4n) is 2.01. The second kappa shape index (κ2) is 6.64. The molecule has 0 amide bonds. The highest BCUT2D eigenvalue weighted by Crippen LogP contribution is 2.42. The van der Waals surface area contributed by atoms with Gasteiger partial charge in [0.05, 0.1) is 12.7 Å². The lowest BCUT2D eigenvalue weighted by molar-refractivity contribution is -0.144. The lowest BCUT2D eigenvalue weighted by Crippen LogP contribution is -2.08. The van der Waals surface area contributed by atoms with Gasteiger partial charge in [0.15, 0.2) is 17.3 Å². The Morgan fingerprint density at radius 1 is 1.33 bits per heavy atom. The summed E-state index contributed by atoms with van der Waals surface area (Å²) in [6.07, 6.45) is -4.61. The Bertz CT molecular complexity index is 745. The highest BCUT2D eigenvalue weighted by molar-refractivity contribution is 5.70. The molecular weight excluding hydrogens is 335 g/mol. The number of fused-ring (bicyclic) bond motifs is 1. The number of halogens is 3. The van der Waals surface area contributed by atoms with Crippen molar-refractivity contribution in [2.45, 2.75) is 6.18 Å². The summed E-state index contributed by atoms with van der Waals surface area (Å²) < 4.78 is 54.7. The van der Waals surface area contributed by atoms with E-state index in [2.05, 4.69) is 10.1 Å². The number of hydrogen-bond donors (Lipinski definition) is 1. The Morgan fingerprint density at radius 3 is 2.42 bits per heavy atom. The monoisotopic (exact) mass is 347 g/mol. The third-order valence-electron chi connectivity index (χ3n) is 2.95. The van der Waals surface area contributed by atoms with Crippen LogP contribution in [0.5, 0.6) is 17.2 Å². The van der Waals surface area contributed by atoms with Gasteiger partial charge in [-0.05, 0) is 6.07 Å². The van der Waals surface area contributed by atoms with Crippen LogP contribution in [0.3, 0.4) is 0 Å². The molecule has 0 bridgehead atoms. The van der Waals surface area contributed by atoms with E-state index in [1.807, 2.05) is 0 Å². The number of aromatic nitrogens is 3. The van der Waals surface area contributed by atoms with Gasteiger partial charge in [-0.25, -0.2) is 9.67 Å². The molecular formula is C13H12F3N3O5. The van der Waals surface area contributed by atoms with Crippen molar-refractivity contribution in [1.29, 1.82) is 0 Å². The molecule has 0 radical (unpaired) electrons. The van der Waals surface area contributed by atoms with Crippen LogP contribution in [0.15, 0.2) is 12.1 Å². The topological polar surface area (TPSA) is 95.7 Å². The van der Waals surface area contributed by atoms with Crippen molar-refractivity contribution in [1.82, 2.24) is 14.8 Å². The molecule has 1 N–H and O–H groups in total. The summed E-state index contributed by atoms with van der Waals surface area (Å²) in [5, 5.41) is 10.3. The molecule has 0 aliphatic carbocycles. The first-order valence-electron chi connectivity index (χ1n) is 6.36. The molecule has 0 saturated heterocycles. The quantitative estimate of drug-likeness (QED) is 0.830. The van der Waals surface area contributed by atoms with Crippen LogP contribution in [0.25, 0.3) is 11.4 Å². The molecule has 0 atom stereocenters. The molecule has 11 heteroatoms. The van der Waals surface area contributed by atoms with Gasteiger partial charge in [-0.1, -0.05) is 0 Å². The molecule has 130 valence electrons. The number of ether oxygens (including phenoxy) is 3. The van der Waals surface area contributed by atoms with Crippen LogP contribution < -0.4 is 14.2 Å². The van der Waals surface area contributed by atoms with Gasteiger partial charge >= 0.3 is 6.18 Å². The molecule has 0 fully saturated rings. The highest BCUT2D eigenvalue weighted by Gasteiger charge is 2.37. The van der Waals surface area contributed by atoms with Crippen LogP contribution in [-0.4, -0.2) is 40.2 Å². The van der Waals surface area contributed by atoms with E-state index in [4.69, 9.17) is 24.1 Å². The first-order valence-corrected chi connectivity index (χ1v) is 6.36. The first kappa shape index (κ1) is 17.4. The molecule has 2 aromatic rings. The summed E-state index contributed by atoms with van der Waals surface area (Å²) in [5.74, 6) is 0.0249. The van der Waals surface area contributed by atoms with E-state index in [1.165, 1.54) is 20.2 Å². The van der Waals surface area contributed by atoms with Crippen LogP contribution in [0, 0.1) is 0 Å². The maximum absolute atomic E-state index is 12.7. The van der Waals surface area contributed by atoms with Gasteiger partial charge in [-0.2, -0.15) is 13.2 Å². The second-order valence-electron chi connectivity index (χ2n) is 4.39. The normalized spacial score (nSPS) is 12.4. The number of nitrogens with zero attached hydrogens (tertiary/aromatic N) is 3. The Labute approximate surface area is 133 Å². The van der Waals surface area contributed by atoms with Crippen molar-refractivity contribution in [3.05, 3.63) is 18.0 Å². The third kappa shape index (κ3) is 3.34. The molecule has 1 aromatic heterocycles. The standard InChI is InChI=1S/C12H10F3N3O3.CH2O2/c1-18-10(16-11(17-18)12(13,14)15)6-3-8-9(21-5-20-8)4-7(6)19-2;2-1-3/h3-4H,5H2,1-2H3;1H,(H,2,3). The van der Waals surface area contributed by atoms with Gasteiger partial charge in [-0.3, -0.25) is 4.79 Å². The van der Waals surface area contributed by atoms with Crippen molar-refractivity contribution in [3.8, 4) is 28.6 Å². The van der Waals surface area contributed by atoms with Gasteiger partial charge in [0.1, 0.15) is 5.75 Å². The largest absolute Gasteiger partial charge is 0.496 e. The summed E-state index contributed by atoms with van der Waals surface area (Å²) >= 11 is 0. The summed E-state index contributed by atoms with van der Waals surface area (Å²) in [4.78, 5) is 11.9. The minimum atomic E-state index is -4.61. The van der Waals surface area contributed by atoms with Crippen LogP contribution in [0.4, 0.5) is 13.2 Å². The predicted octanol–water partition coefficient (Wildman–Crippen LogP) is 1.94. The Hall–Kier alpha value is -2.98. The summed E-state index contributed by atoms with van der Waals surface area (Å²) in [6.45, 7) is -0.200. The van der Waals surface area contributed by atoms with E-state index < -0.39 is 12.0 Å². The van der Waals surface area contributed by atoms with Gasteiger partial charge in [-0.15, -0.1) is 5.10 Å². The van der Waals surface area contributed by atoms with E-state index in [0.29, 0.717) is 22.8 Å². The summed E-state index contributed by atoms with van der Waals surface area (Å²) in [5.41, 5.74) is 0.340. The van der Waals surface area contributed by atoms with E-state index in [9.17, 15) is 13.2 Å². The lowest BCUT2D eigenvalue weighted by atomic mass is 10.1. The lowest BCUT2D eigenvalue weighted by Gasteiger charge is -2.08.